The molecule has 0 radical (unpaired) electrons. The van der Waals surface area contributed by atoms with Crippen molar-refractivity contribution in [3.63, 3.8) is 0 Å². The van der Waals surface area contributed by atoms with Gasteiger partial charge in [0.05, 0.1) is 0 Å². The number of carboxylic acid groups (broad SMARTS) is 1. The summed E-state index contributed by atoms with van der Waals surface area (Å²) in [5.41, 5.74) is 2.31. The van der Waals surface area contributed by atoms with Crippen molar-refractivity contribution in [3.8, 4) is 11.3 Å². The maximum Gasteiger partial charge on any atom is 0.358 e. The van der Waals surface area contributed by atoms with E-state index in [9.17, 15) is 9.59 Å². The Morgan fingerprint density at radius 3 is 2.95 bits per heavy atom. The molecule has 0 aliphatic carbocycles. The average Bonchev–Trinajstić information content (AvgIpc) is 2.87. The Bertz CT molecular complexity index is 675. The highest BCUT2D eigenvalue weighted by Gasteiger charge is 2.21. The topological polar surface area (TPSA) is 92.4 Å². The third-order valence-electron chi connectivity index (χ3n) is 3.05. The van der Waals surface area contributed by atoms with E-state index in [1.165, 1.54) is 6.07 Å². The molecule has 1 aliphatic rings. The SMILES string of the molecule is O=C1CCc2c(cccc2-c2cc(C(=O)O)no2)N1. The van der Waals surface area contributed by atoms with Crippen LogP contribution in [0.3, 0.4) is 0 Å². The second-order valence-electron chi connectivity index (χ2n) is 4.26. The van der Waals surface area contributed by atoms with Gasteiger partial charge in [0.15, 0.2) is 11.5 Å². The molecule has 1 aromatic carbocycles. The monoisotopic (exact) mass is 258 g/mol. The highest BCUT2D eigenvalue weighted by atomic mass is 16.5. The third-order valence-corrected chi connectivity index (χ3v) is 3.05. The van der Waals surface area contributed by atoms with Crippen LogP contribution in [-0.2, 0) is 11.2 Å². The zero-order valence-electron chi connectivity index (χ0n) is 9.84. The number of nitrogens with one attached hydrogen (secondary N) is 1. The molecule has 6 nitrogen and oxygen atoms in total. The third kappa shape index (κ3) is 1.97. The van der Waals surface area contributed by atoms with Gasteiger partial charge in [-0.3, -0.25) is 4.79 Å². The van der Waals surface area contributed by atoms with Crippen LogP contribution in [0.5, 0.6) is 0 Å². The first kappa shape index (κ1) is 11.5. The second kappa shape index (κ2) is 4.24. The first-order valence-corrected chi connectivity index (χ1v) is 5.77. The lowest BCUT2D eigenvalue weighted by atomic mass is 9.96. The van der Waals surface area contributed by atoms with E-state index in [4.69, 9.17) is 9.63 Å². The lowest BCUT2D eigenvalue weighted by molar-refractivity contribution is -0.116. The van der Waals surface area contributed by atoms with Gasteiger partial charge in [0.2, 0.25) is 5.91 Å². The average molecular weight is 258 g/mol. The van der Waals surface area contributed by atoms with Crippen LogP contribution in [-0.4, -0.2) is 22.1 Å². The number of hydrogen-bond acceptors (Lipinski definition) is 4. The quantitative estimate of drug-likeness (QED) is 0.858. The van der Waals surface area contributed by atoms with Crippen molar-refractivity contribution in [3.05, 3.63) is 35.5 Å². The minimum Gasteiger partial charge on any atom is -0.476 e. The normalized spacial score (nSPS) is 13.8. The van der Waals surface area contributed by atoms with Gasteiger partial charge in [-0.15, -0.1) is 0 Å². The zero-order valence-corrected chi connectivity index (χ0v) is 9.84. The Balaban J connectivity index is 2.07. The number of carbonyl (C=O) groups is 2. The number of fused-ring (bicyclic) bond motifs is 1. The summed E-state index contributed by atoms with van der Waals surface area (Å²) in [6.07, 6.45) is 1.00. The molecule has 19 heavy (non-hydrogen) atoms. The van der Waals surface area contributed by atoms with E-state index in [1.807, 2.05) is 12.1 Å². The van der Waals surface area contributed by atoms with Gasteiger partial charge >= 0.3 is 5.97 Å². The molecular weight excluding hydrogens is 248 g/mol. The van der Waals surface area contributed by atoms with Gasteiger partial charge in [-0.05, 0) is 18.1 Å². The highest BCUT2D eigenvalue weighted by molar-refractivity contribution is 5.95. The summed E-state index contributed by atoms with van der Waals surface area (Å²) in [5, 5.41) is 15.1. The molecule has 0 atom stereocenters. The summed E-state index contributed by atoms with van der Waals surface area (Å²) in [5.74, 6) is -0.757. The number of anilines is 1. The molecule has 0 spiro atoms. The second-order valence-corrected chi connectivity index (χ2v) is 4.26. The van der Waals surface area contributed by atoms with E-state index >= 15 is 0 Å². The van der Waals surface area contributed by atoms with E-state index in [-0.39, 0.29) is 11.6 Å². The van der Waals surface area contributed by atoms with Crippen LogP contribution in [0.2, 0.25) is 0 Å². The molecule has 2 heterocycles. The molecular formula is C13H10N2O4. The number of amides is 1. The smallest absolute Gasteiger partial charge is 0.358 e. The molecule has 6 heteroatoms. The molecule has 2 N–H and O–H groups in total. The van der Waals surface area contributed by atoms with Crippen molar-refractivity contribution in [1.29, 1.82) is 0 Å². The minimum absolute atomic E-state index is 0.0200. The number of aromatic nitrogens is 1. The van der Waals surface area contributed by atoms with Gasteiger partial charge in [-0.1, -0.05) is 17.3 Å². The summed E-state index contributed by atoms with van der Waals surface area (Å²) in [6.45, 7) is 0. The van der Waals surface area contributed by atoms with E-state index in [0.717, 1.165) is 16.8 Å². The van der Waals surface area contributed by atoms with Gasteiger partial charge in [0.1, 0.15) is 0 Å². The standard InChI is InChI=1S/C13H10N2O4/c16-12-5-4-7-8(2-1-3-9(7)14-12)11-6-10(13(17)18)15-19-11/h1-3,6H,4-5H2,(H,14,16)(H,17,18). The first-order chi connectivity index (χ1) is 9.15. The summed E-state index contributed by atoms with van der Waals surface area (Å²) in [7, 11) is 0. The number of carbonyl (C=O) groups excluding carboxylic acids is 1. The van der Waals surface area contributed by atoms with Crippen LogP contribution in [0.4, 0.5) is 5.69 Å². The number of rotatable bonds is 2. The van der Waals surface area contributed by atoms with Crippen LogP contribution >= 0.6 is 0 Å². The van der Waals surface area contributed by atoms with Crippen molar-refractivity contribution in [1.82, 2.24) is 5.16 Å². The molecule has 96 valence electrons. The first-order valence-electron chi connectivity index (χ1n) is 5.77. The molecule has 3 rings (SSSR count). The molecule has 0 saturated heterocycles. The predicted octanol–water partition coefficient (Wildman–Crippen LogP) is 1.92. The van der Waals surface area contributed by atoms with Crippen molar-refractivity contribution in [2.45, 2.75) is 12.8 Å². The maximum atomic E-state index is 11.3. The molecule has 2 aromatic rings. The van der Waals surface area contributed by atoms with Crippen molar-refractivity contribution in [2.75, 3.05) is 5.32 Å². The summed E-state index contributed by atoms with van der Waals surface area (Å²) < 4.78 is 5.06. The minimum atomic E-state index is -1.13. The van der Waals surface area contributed by atoms with Gasteiger partial charge in [-0.25, -0.2) is 4.79 Å². The zero-order chi connectivity index (χ0) is 13.4. The van der Waals surface area contributed by atoms with E-state index in [0.29, 0.717) is 18.6 Å². The van der Waals surface area contributed by atoms with Gasteiger partial charge < -0.3 is 14.9 Å². The molecule has 0 unspecified atom stereocenters. The summed E-state index contributed by atoms with van der Waals surface area (Å²) in [4.78, 5) is 22.1. The molecule has 1 aromatic heterocycles. The summed E-state index contributed by atoms with van der Waals surface area (Å²) >= 11 is 0. The van der Waals surface area contributed by atoms with Crippen LogP contribution in [0, 0.1) is 0 Å². The Kier molecular flexibility index (Phi) is 2.56. The summed E-state index contributed by atoms with van der Waals surface area (Å²) in [6, 6.07) is 6.80. The fourth-order valence-corrected chi connectivity index (χ4v) is 2.16. The van der Waals surface area contributed by atoms with Gasteiger partial charge in [-0.2, -0.15) is 0 Å². The number of nitrogens with zero attached hydrogens (tertiary/aromatic N) is 1. The molecule has 0 saturated carbocycles. The Morgan fingerprint density at radius 2 is 2.21 bits per heavy atom. The van der Waals surface area contributed by atoms with Crippen molar-refractivity contribution in [2.24, 2.45) is 0 Å². The Hall–Kier alpha value is -2.63. The largest absolute Gasteiger partial charge is 0.476 e. The number of benzene rings is 1. The fraction of sp³-hybridized carbons (Fsp3) is 0.154. The molecule has 1 amide bonds. The molecule has 0 fully saturated rings. The highest BCUT2D eigenvalue weighted by Crippen LogP contribution is 2.33. The lowest BCUT2D eigenvalue weighted by Crippen LogP contribution is -2.19. The number of aromatic carboxylic acids is 1. The lowest BCUT2D eigenvalue weighted by Gasteiger charge is -2.18. The maximum absolute atomic E-state index is 11.3. The van der Waals surface area contributed by atoms with Crippen molar-refractivity contribution < 1.29 is 19.2 Å². The van der Waals surface area contributed by atoms with Crippen molar-refractivity contribution >= 4 is 17.6 Å². The predicted molar refractivity (Wildman–Crippen MR) is 65.8 cm³/mol. The van der Waals surface area contributed by atoms with Crippen LogP contribution in [0.25, 0.3) is 11.3 Å². The van der Waals surface area contributed by atoms with E-state index < -0.39 is 5.97 Å². The number of hydrogen-bond donors (Lipinski definition) is 2. The van der Waals surface area contributed by atoms with E-state index in [1.54, 1.807) is 6.07 Å². The Labute approximate surface area is 108 Å². The Morgan fingerprint density at radius 1 is 1.37 bits per heavy atom. The van der Waals surface area contributed by atoms with Crippen LogP contribution < -0.4 is 5.32 Å². The fourth-order valence-electron chi connectivity index (χ4n) is 2.16. The molecule has 1 aliphatic heterocycles. The van der Waals surface area contributed by atoms with Crippen LogP contribution in [0.15, 0.2) is 28.8 Å². The number of carboxylic acids is 1. The van der Waals surface area contributed by atoms with Gasteiger partial charge in [0.25, 0.3) is 0 Å². The van der Waals surface area contributed by atoms with Crippen LogP contribution in [0.1, 0.15) is 22.5 Å². The molecule has 0 bridgehead atoms. The van der Waals surface area contributed by atoms with E-state index in [2.05, 4.69) is 10.5 Å². The van der Waals surface area contributed by atoms with Gasteiger partial charge in [0, 0.05) is 23.7 Å².